The van der Waals surface area contributed by atoms with Gasteiger partial charge in [0.15, 0.2) is 0 Å². The first-order chi connectivity index (χ1) is 13.8. The van der Waals surface area contributed by atoms with Gasteiger partial charge in [-0.2, -0.15) is 0 Å². The third-order valence-corrected chi connectivity index (χ3v) is 6.25. The fourth-order valence-corrected chi connectivity index (χ4v) is 5.02. The molecular weight excluding hydrogens is 348 g/mol. The zero-order chi connectivity index (χ0) is 19.1. The summed E-state index contributed by atoms with van der Waals surface area (Å²) in [5.41, 5.74) is 2.41. The van der Waals surface area contributed by atoms with E-state index in [1.165, 1.54) is 10.8 Å². The number of amides is 1. The summed E-state index contributed by atoms with van der Waals surface area (Å²) >= 11 is 0. The van der Waals surface area contributed by atoms with E-state index in [9.17, 15) is 10.0 Å². The summed E-state index contributed by atoms with van der Waals surface area (Å²) in [5.74, 6) is -0.387. The Morgan fingerprint density at radius 2 is 1.71 bits per heavy atom. The van der Waals surface area contributed by atoms with Crippen LogP contribution in [0, 0.1) is 5.92 Å². The van der Waals surface area contributed by atoms with Gasteiger partial charge < -0.3 is 10.1 Å². The van der Waals surface area contributed by atoms with Gasteiger partial charge in [0.25, 0.3) is 0 Å². The molecule has 3 aromatic rings. The number of benzene rings is 3. The molecule has 4 nitrogen and oxygen atoms in total. The summed E-state index contributed by atoms with van der Waals surface area (Å²) in [7, 11) is 0. The lowest BCUT2D eigenvalue weighted by Gasteiger charge is -2.23. The molecule has 3 atom stereocenters. The number of hydrogen-bond donors (Lipinski definition) is 1. The van der Waals surface area contributed by atoms with Crippen molar-refractivity contribution in [3.8, 4) is 0 Å². The molecule has 2 heterocycles. The topological polar surface area (TPSA) is 52.9 Å². The van der Waals surface area contributed by atoms with Gasteiger partial charge in [-0.05, 0) is 29.2 Å². The summed E-state index contributed by atoms with van der Waals surface area (Å²) in [6.07, 6.45) is 2.03. The molecule has 28 heavy (non-hydrogen) atoms. The van der Waals surface area contributed by atoms with Crippen molar-refractivity contribution in [2.24, 2.45) is 11.1 Å². The highest BCUT2D eigenvalue weighted by atomic mass is 16.4. The molecule has 2 aliphatic heterocycles. The highest BCUT2D eigenvalue weighted by Crippen LogP contribution is 2.46. The summed E-state index contributed by atoms with van der Waals surface area (Å²) in [5, 5.41) is 15.9. The lowest BCUT2D eigenvalue weighted by Crippen LogP contribution is -2.31. The van der Waals surface area contributed by atoms with Crippen molar-refractivity contribution in [2.45, 2.75) is 24.8 Å². The highest BCUT2D eigenvalue weighted by molar-refractivity contribution is 6.14. The van der Waals surface area contributed by atoms with E-state index >= 15 is 0 Å². The van der Waals surface area contributed by atoms with Crippen LogP contribution in [0.2, 0.25) is 0 Å². The molecule has 0 spiro atoms. The largest absolute Gasteiger partial charge is 0.411 e. The predicted molar refractivity (Wildman–Crippen MR) is 110 cm³/mol. The van der Waals surface area contributed by atoms with E-state index in [1.807, 2.05) is 47.4 Å². The smallest absolute Gasteiger partial charge is 0.232 e. The molecule has 0 bridgehead atoms. The molecule has 4 heteroatoms. The van der Waals surface area contributed by atoms with Gasteiger partial charge in [-0.3, -0.25) is 4.79 Å². The van der Waals surface area contributed by atoms with E-state index in [4.69, 9.17) is 0 Å². The third kappa shape index (κ3) is 2.60. The van der Waals surface area contributed by atoms with Crippen LogP contribution in [-0.4, -0.2) is 34.3 Å². The molecule has 0 aliphatic carbocycles. The Kier molecular flexibility index (Phi) is 4.12. The number of fused-ring (bicyclic) bond motifs is 2. The van der Waals surface area contributed by atoms with Crippen molar-refractivity contribution in [1.29, 1.82) is 0 Å². The van der Waals surface area contributed by atoms with Crippen molar-refractivity contribution >= 4 is 22.4 Å². The van der Waals surface area contributed by atoms with E-state index in [0.717, 1.165) is 30.5 Å². The molecule has 2 saturated heterocycles. The molecule has 3 aromatic carbocycles. The summed E-state index contributed by atoms with van der Waals surface area (Å²) in [6.45, 7) is 0.789. The van der Waals surface area contributed by atoms with Crippen LogP contribution in [0.5, 0.6) is 0 Å². The van der Waals surface area contributed by atoms with E-state index < -0.39 is 5.92 Å². The SMILES string of the molecule is O=C1[C@@H](/C(=N/O)c2ccccc2)[C@H](c2ccc3ccccc3c2)C2CCCN12. The number of carbonyl (C=O) groups excluding carboxylic acids is 1. The van der Waals surface area contributed by atoms with Crippen LogP contribution in [0.4, 0.5) is 0 Å². The standard InChI is InChI=1S/C24H22N2O2/c27-24-22(23(25-28)17-8-2-1-3-9-17)21(20-11-6-14-26(20)24)19-13-12-16-7-4-5-10-18(16)15-19/h1-5,7-10,12-13,15,20-22,28H,6,11,14H2/b25-23+/t20?,21-,22-/m1/s1. The van der Waals surface area contributed by atoms with Gasteiger partial charge in [0.1, 0.15) is 0 Å². The van der Waals surface area contributed by atoms with Crippen LogP contribution < -0.4 is 0 Å². The first-order valence-electron chi connectivity index (χ1n) is 9.84. The maximum absolute atomic E-state index is 13.3. The minimum Gasteiger partial charge on any atom is -0.411 e. The first-order valence-corrected chi connectivity index (χ1v) is 9.84. The number of carbonyl (C=O) groups is 1. The quantitative estimate of drug-likeness (QED) is 0.421. The molecule has 140 valence electrons. The maximum atomic E-state index is 13.3. The van der Waals surface area contributed by atoms with E-state index in [2.05, 4.69) is 35.5 Å². The van der Waals surface area contributed by atoms with Gasteiger partial charge in [-0.25, -0.2) is 0 Å². The average molecular weight is 370 g/mol. The molecule has 0 radical (unpaired) electrons. The Hall–Kier alpha value is -3.14. The first kappa shape index (κ1) is 17.0. The molecule has 0 saturated carbocycles. The van der Waals surface area contributed by atoms with Crippen molar-refractivity contribution in [3.63, 3.8) is 0 Å². The minimum absolute atomic E-state index is 0.00860. The number of oxime groups is 1. The van der Waals surface area contributed by atoms with Crippen LogP contribution in [0.25, 0.3) is 10.8 Å². The molecule has 2 aliphatic rings. The Morgan fingerprint density at radius 3 is 2.50 bits per heavy atom. The molecule has 1 amide bonds. The maximum Gasteiger partial charge on any atom is 0.232 e. The van der Waals surface area contributed by atoms with E-state index in [1.54, 1.807) is 0 Å². The fourth-order valence-electron chi connectivity index (χ4n) is 5.02. The molecule has 5 rings (SSSR count). The predicted octanol–water partition coefficient (Wildman–Crippen LogP) is 4.42. The van der Waals surface area contributed by atoms with Crippen LogP contribution in [0.1, 0.15) is 29.9 Å². The number of rotatable bonds is 3. The lowest BCUT2D eigenvalue weighted by atomic mass is 9.78. The van der Waals surface area contributed by atoms with Crippen molar-refractivity contribution in [1.82, 2.24) is 4.90 Å². The molecule has 1 N–H and O–H groups in total. The minimum atomic E-state index is -0.459. The van der Waals surface area contributed by atoms with E-state index in [-0.39, 0.29) is 17.9 Å². The second-order valence-electron chi connectivity index (χ2n) is 7.70. The zero-order valence-electron chi connectivity index (χ0n) is 15.5. The number of hydrogen-bond acceptors (Lipinski definition) is 3. The summed E-state index contributed by atoms with van der Waals surface area (Å²) in [4.78, 5) is 15.3. The normalized spacial score (nSPS) is 24.7. The molecular formula is C24H22N2O2. The van der Waals surface area contributed by atoms with Crippen molar-refractivity contribution in [2.75, 3.05) is 6.54 Å². The Balaban J connectivity index is 1.64. The molecule has 0 aromatic heterocycles. The Labute approximate surface area is 164 Å². The fraction of sp³-hybridized carbons (Fsp3) is 0.250. The van der Waals surface area contributed by atoms with Gasteiger partial charge >= 0.3 is 0 Å². The molecule has 1 unspecified atom stereocenters. The van der Waals surface area contributed by atoms with Crippen molar-refractivity contribution in [3.05, 3.63) is 83.9 Å². The van der Waals surface area contributed by atoms with E-state index in [0.29, 0.717) is 5.71 Å². The van der Waals surface area contributed by atoms with Gasteiger partial charge in [0, 0.05) is 24.1 Å². The van der Waals surface area contributed by atoms with Gasteiger partial charge in [0.2, 0.25) is 5.91 Å². The molecule has 2 fully saturated rings. The highest BCUT2D eigenvalue weighted by Gasteiger charge is 2.52. The van der Waals surface area contributed by atoms with Crippen molar-refractivity contribution < 1.29 is 10.0 Å². The third-order valence-electron chi connectivity index (χ3n) is 6.25. The van der Waals surface area contributed by atoms with Crippen LogP contribution in [-0.2, 0) is 4.79 Å². The monoisotopic (exact) mass is 370 g/mol. The second-order valence-corrected chi connectivity index (χ2v) is 7.70. The lowest BCUT2D eigenvalue weighted by molar-refractivity contribution is -0.129. The van der Waals surface area contributed by atoms with Gasteiger partial charge in [-0.1, -0.05) is 78.0 Å². The zero-order valence-corrected chi connectivity index (χ0v) is 15.5. The van der Waals surface area contributed by atoms with Gasteiger partial charge in [0.05, 0.1) is 11.6 Å². The number of nitrogens with zero attached hydrogens (tertiary/aromatic N) is 2. The summed E-state index contributed by atoms with van der Waals surface area (Å²) < 4.78 is 0. The Bertz CT molecular complexity index is 1060. The van der Waals surface area contributed by atoms with Crippen LogP contribution in [0.15, 0.2) is 78.0 Å². The Morgan fingerprint density at radius 1 is 0.964 bits per heavy atom. The van der Waals surface area contributed by atoms with Crippen LogP contribution >= 0.6 is 0 Å². The van der Waals surface area contributed by atoms with Crippen LogP contribution in [0.3, 0.4) is 0 Å². The summed E-state index contributed by atoms with van der Waals surface area (Å²) in [6, 6.07) is 24.5. The average Bonchev–Trinajstić information content (AvgIpc) is 3.32. The van der Waals surface area contributed by atoms with Gasteiger partial charge in [-0.15, -0.1) is 0 Å². The second kappa shape index (κ2) is 6.79.